The first-order valence-corrected chi connectivity index (χ1v) is 8.13. The third-order valence-corrected chi connectivity index (χ3v) is 4.15. The number of hydrogen-bond acceptors (Lipinski definition) is 3. The zero-order valence-corrected chi connectivity index (χ0v) is 13.7. The fourth-order valence-electron chi connectivity index (χ4n) is 2.86. The van der Waals surface area contributed by atoms with Crippen molar-refractivity contribution in [3.8, 4) is 0 Å². The van der Waals surface area contributed by atoms with Gasteiger partial charge in [0.05, 0.1) is 0 Å². The molecule has 0 aromatic heterocycles. The van der Waals surface area contributed by atoms with E-state index in [1.54, 1.807) is 24.3 Å². The molecule has 2 aromatic carbocycles. The van der Waals surface area contributed by atoms with Gasteiger partial charge in [0.25, 0.3) is 5.91 Å². The highest BCUT2D eigenvalue weighted by Gasteiger charge is 2.24. The van der Waals surface area contributed by atoms with Crippen LogP contribution in [0.25, 0.3) is 0 Å². The second-order valence-electron chi connectivity index (χ2n) is 5.81. The summed E-state index contributed by atoms with van der Waals surface area (Å²) in [5, 5.41) is 5.76. The molecule has 5 nitrogen and oxygen atoms in total. The highest BCUT2D eigenvalue weighted by Crippen LogP contribution is 2.29. The van der Waals surface area contributed by atoms with Gasteiger partial charge in [0.2, 0.25) is 5.91 Å². The number of anilines is 2. The molecule has 0 spiro atoms. The van der Waals surface area contributed by atoms with Crippen molar-refractivity contribution < 1.29 is 9.59 Å². The Morgan fingerprint density at radius 2 is 1.83 bits per heavy atom. The molecule has 2 aromatic rings. The molecule has 3 rings (SSSR count). The van der Waals surface area contributed by atoms with Gasteiger partial charge in [0.1, 0.15) is 0 Å². The summed E-state index contributed by atoms with van der Waals surface area (Å²) in [5.74, 6) is -0.0510. The summed E-state index contributed by atoms with van der Waals surface area (Å²) < 4.78 is 0. The molecule has 0 atom stereocenters. The Morgan fingerprint density at radius 3 is 2.58 bits per heavy atom. The molecule has 24 heavy (non-hydrogen) atoms. The molecule has 0 unspecified atom stereocenters. The molecule has 0 radical (unpaired) electrons. The second kappa shape index (κ2) is 7.27. The minimum Gasteiger partial charge on any atom is -0.326 e. The summed E-state index contributed by atoms with van der Waals surface area (Å²) in [4.78, 5) is 26.2. The molecule has 1 aliphatic heterocycles. The van der Waals surface area contributed by atoms with Crippen molar-refractivity contribution in [2.24, 2.45) is 0 Å². The first-order valence-electron chi connectivity index (χ1n) is 8.13. The molecule has 0 saturated carbocycles. The number of hydrogen-bond donors (Lipinski definition) is 2. The van der Waals surface area contributed by atoms with Crippen molar-refractivity contribution in [1.29, 1.82) is 0 Å². The van der Waals surface area contributed by atoms with Crippen LogP contribution in [-0.2, 0) is 11.2 Å². The molecular formula is C19H21N3O2. The van der Waals surface area contributed by atoms with Crippen LogP contribution in [0.5, 0.6) is 0 Å². The van der Waals surface area contributed by atoms with Crippen molar-refractivity contribution in [1.82, 2.24) is 5.32 Å². The number of para-hydroxylation sites is 1. The van der Waals surface area contributed by atoms with Crippen LogP contribution in [0.3, 0.4) is 0 Å². The van der Waals surface area contributed by atoms with Crippen LogP contribution in [0.2, 0.25) is 0 Å². The van der Waals surface area contributed by atoms with Gasteiger partial charge in [0, 0.05) is 36.4 Å². The number of carbonyl (C=O) groups is 2. The molecule has 2 N–H and O–H groups in total. The van der Waals surface area contributed by atoms with E-state index in [-0.39, 0.29) is 11.8 Å². The van der Waals surface area contributed by atoms with E-state index in [9.17, 15) is 9.59 Å². The third-order valence-electron chi connectivity index (χ3n) is 4.15. The molecule has 0 fully saturated rings. The maximum Gasteiger partial charge on any atom is 0.258 e. The summed E-state index contributed by atoms with van der Waals surface area (Å²) in [6, 6.07) is 15.1. The van der Waals surface area contributed by atoms with Gasteiger partial charge < -0.3 is 15.5 Å². The molecule has 124 valence electrons. The van der Waals surface area contributed by atoms with E-state index in [0.29, 0.717) is 30.8 Å². The largest absolute Gasteiger partial charge is 0.326 e. The first-order chi connectivity index (χ1) is 11.7. The minimum atomic E-state index is -0.0445. The van der Waals surface area contributed by atoms with E-state index < -0.39 is 0 Å². The van der Waals surface area contributed by atoms with E-state index in [4.69, 9.17) is 0 Å². The number of nitrogens with one attached hydrogen (secondary N) is 2. The lowest BCUT2D eigenvalue weighted by Crippen LogP contribution is -2.28. The number of nitrogens with zero attached hydrogens (tertiary/aromatic N) is 1. The molecule has 0 bridgehead atoms. The number of carbonyl (C=O) groups excluding carboxylic acids is 2. The Labute approximate surface area is 141 Å². The van der Waals surface area contributed by atoms with Crippen molar-refractivity contribution in [3.05, 3.63) is 59.7 Å². The van der Waals surface area contributed by atoms with Crippen LogP contribution in [0.15, 0.2) is 48.5 Å². The number of rotatable bonds is 5. The van der Waals surface area contributed by atoms with Gasteiger partial charge in [-0.2, -0.15) is 0 Å². The maximum absolute atomic E-state index is 12.7. The fraction of sp³-hybridized carbons (Fsp3) is 0.263. The van der Waals surface area contributed by atoms with Gasteiger partial charge in [-0.05, 0) is 49.4 Å². The summed E-state index contributed by atoms with van der Waals surface area (Å²) >= 11 is 0. The molecular weight excluding hydrogens is 302 g/mol. The summed E-state index contributed by atoms with van der Waals surface area (Å²) in [7, 11) is 1.81. The van der Waals surface area contributed by atoms with Crippen molar-refractivity contribution in [3.63, 3.8) is 0 Å². The highest BCUT2D eigenvalue weighted by atomic mass is 16.2. The second-order valence-corrected chi connectivity index (χ2v) is 5.81. The maximum atomic E-state index is 12.7. The summed E-state index contributed by atoms with van der Waals surface area (Å²) in [6.07, 6.45) is 1.31. The number of fused-ring (bicyclic) bond motifs is 1. The van der Waals surface area contributed by atoms with Crippen LogP contribution in [0.4, 0.5) is 11.4 Å². The SMILES string of the molecule is CNCCC(=O)Nc1ccc(C(=O)N2CCc3ccccc32)cc1. The smallest absolute Gasteiger partial charge is 0.258 e. The van der Waals surface area contributed by atoms with E-state index in [2.05, 4.69) is 16.7 Å². The lowest BCUT2D eigenvalue weighted by molar-refractivity contribution is -0.116. The average molecular weight is 323 g/mol. The predicted octanol–water partition coefficient (Wildman–Crippen LogP) is 2.44. The van der Waals surface area contributed by atoms with Crippen LogP contribution >= 0.6 is 0 Å². The van der Waals surface area contributed by atoms with E-state index in [0.717, 1.165) is 12.1 Å². The Balaban J connectivity index is 1.68. The summed E-state index contributed by atoms with van der Waals surface area (Å²) in [6.45, 7) is 1.34. The monoisotopic (exact) mass is 323 g/mol. The van der Waals surface area contributed by atoms with Crippen LogP contribution in [0.1, 0.15) is 22.3 Å². The highest BCUT2D eigenvalue weighted by molar-refractivity contribution is 6.07. The van der Waals surface area contributed by atoms with Gasteiger partial charge in [-0.3, -0.25) is 9.59 Å². The van der Waals surface area contributed by atoms with Crippen LogP contribution in [-0.4, -0.2) is 32.0 Å². The minimum absolute atomic E-state index is 0.00647. The topological polar surface area (TPSA) is 61.4 Å². The van der Waals surface area contributed by atoms with E-state index >= 15 is 0 Å². The van der Waals surface area contributed by atoms with E-state index in [1.807, 2.05) is 30.1 Å². The lowest BCUT2D eigenvalue weighted by Gasteiger charge is -2.17. The van der Waals surface area contributed by atoms with Gasteiger partial charge >= 0.3 is 0 Å². The normalized spacial score (nSPS) is 12.8. The Hall–Kier alpha value is -2.66. The molecule has 0 aliphatic carbocycles. The zero-order chi connectivity index (χ0) is 16.9. The standard InChI is InChI=1S/C19H21N3O2/c1-20-12-10-18(23)21-16-8-6-15(7-9-16)19(24)22-13-11-14-4-2-3-5-17(14)22/h2-9,20H,10-13H2,1H3,(H,21,23). The van der Waals surface area contributed by atoms with Crippen molar-refractivity contribution in [2.45, 2.75) is 12.8 Å². The predicted molar refractivity (Wildman–Crippen MR) is 95.4 cm³/mol. The van der Waals surface area contributed by atoms with E-state index in [1.165, 1.54) is 5.56 Å². The van der Waals surface area contributed by atoms with Gasteiger partial charge in [0.15, 0.2) is 0 Å². The fourth-order valence-corrected chi connectivity index (χ4v) is 2.86. The van der Waals surface area contributed by atoms with Gasteiger partial charge in [-0.25, -0.2) is 0 Å². The number of amides is 2. The van der Waals surface area contributed by atoms with Gasteiger partial charge in [-0.15, -0.1) is 0 Å². The third kappa shape index (κ3) is 3.46. The summed E-state index contributed by atoms with van der Waals surface area (Å²) in [5.41, 5.74) is 3.53. The van der Waals surface area contributed by atoms with Crippen LogP contribution in [0, 0.1) is 0 Å². The van der Waals surface area contributed by atoms with Crippen LogP contribution < -0.4 is 15.5 Å². The quantitative estimate of drug-likeness (QED) is 0.888. The first kappa shape index (κ1) is 16.2. The van der Waals surface area contributed by atoms with Crippen molar-refractivity contribution in [2.75, 3.05) is 30.4 Å². The zero-order valence-electron chi connectivity index (χ0n) is 13.7. The Kier molecular flexibility index (Phi) is 4.91. The molecule has 2 amide bonds. The molecule has 0 saturated heterocycles. The molecule has 1 aliphatic rings. The Morgan fingerprint density at radius 1 is 1.08 bits per heavy atom. The lowest BCUT2D eigenvalue weighted by atomic mass is 10.1. The number of benzene rings is 2. The molecule has 5 heteroatoms. The Bertz CT molecular complexity index is 741. The average Bonchev–Trinajstić information content (AvgIpc) is 3.04. The van der Waals surface area contributed by atoms with Crippen molar-refractivity contribution >= 4 is 23.2 Å². The molecule has 1 heterocycles. The van der Waals surface area contributed by atoms with Gasteiger partial charge in [-0.1, -0.05) is 18.2 Å².